The van der Waals surface area contributed by atoms with E-state index in [0.29, 0.717) is 47.7 Å². The van der Waals surface area contributed by atoms with Crippen molar-refractivity contribution < 1.29 is 33.3 Å². The van der Waals surface area contributed by atoms with Gasteiger partial charge >= 0.3 is 12.1 Å². The second-order valence-corrected chi connectivity index (χ2v) is 10.6. The summed E-state index contributed by atoms with van der Waals surface area (Å²) < 4.78 is 27.3. The number of likely N-dealkylation sites (N-methyl/N-ethyl adjacent to an activating group) is 1. The van der Waals surface area contributed by atoms with Crippen molar-refractivity contribution in [2.75, 3.05) is 69.3 Å². The van der Waals surface area contributed by atoms with Crippen LogP contribution in [0.1, 0.15) is 39.2 Å². The van der Waals surface area contributed by atoms with E-state index in [1.807, 2.05) is 6.07 Å². The molecule has 0 bridgehead atoms. The van der Waals surface area contributed by atoms with Crippen molar-refractivity contribution in [3.05, 3.63) is 30.0 Å². The fourth-order valence-corrected chi connectivity index (χ4v) is 3.77. The van der Waals surface area contributed by atoms with E-state index < -0.39 is 17.7 Å². The van der Waals surface area contributed by atoms with Crippen LogP contribution < -0.4 is 26.6 Å². The molecule has 2 aromatic heterocycles. The van der Waals surface area contributed by atoms with Gasteiger partial charge in [0.15, 0.2) is 17.4 Å². The van der Waals surface area contributed by atoms with E-state index in [4.69, 9.17) is 39.8 Å². The molecule has 3 heterocycles. The number of amides is 1. The van der Waals surface area contributed by atoms with E-state index in [1.54, 1.807) is 39.0 Å². The van der Waals surface area contributed by atoms with Gasteiger partial charge in [-0.2, -0.15) is 5.26 Å². The van der Waals surface area contributed by atoms with Crippen molar-refractivity contribution in [1.82, 2.24) is 14.9 Å². The average molecular weight is 601 g/mol. The molecule has 0 radical (unpaired) electrons. The second-order valence-electron chi connectivity index (χ2n) is 10.6. The summed E-state index contributed by atoms with van der Waals surface area (Å²) in [7, 11) is 1.46. The Morgan fingerprint density at radius 2 is 1.91 bits per heavy atom. The Hall–Kier alpha value is -4.39. The first-order chi connectivity index (χ1) is 20.6. The van der Waals surface area contributed by atoms with Gasteiger partial charge in [-0.3, -0.25) is 10.6 Å². The molecule has 234 valence electrons. The molecule has 1 aliphatic heterocycles. The summed E-state index contributed by atoms with van der Waals surface area (Å²) >= 11 is 0. The highest BCUT2D eigenvalue weighted by molar-refractivity contribution is 5.78. The number of ether oxygens (including phenoxy) is 5. The highest BCUT2D eigenvalue weighted by atomic mass is 16.6. The first kappa shape index (κ1) is 33.1. The van der Waals surface area contributed by atoms with Crippen molar-refractivity contribution >= 4 is 35.2 Å². The van der Waals surface area contributed by atoms with Crippen molar-refractivity contribution in [3.63, 3.8) is 0 Å². The smallest absolute Gasteiger partial charge is 0.410 e. The molecule has 0 unspecified atom stereocenters. The number of nitrogens with one attached hydrogen (secondary N) is 3. The molecule has 5 N–H and O–H groups in total. The minimum atomic E-state index is -0.659. The molecule has 43 heavy (non-hydrogen) atoms. The maximum atomic E-state index is 12.0. The number of nitrogens with zero attached hydrogens (tertiary/aromatic N) is 4. The monoisotopic (exact) mass is 600 g/mol. The largest absolute Gasteiger partial charge is 0.487 e. The lowest BCUT2D eigenvalue weighted by molar-refractivity contribution is -0.146. The van der Waals surface area contributed by atoms with Gasteiger partial charge in [0.05, 0.1) is 24.5 Å². The second kappa shape index (κ2) is 16.3. The molecule has 15 nitrogen and oxygen atoms in total. The number of hydrazine groups is 1. The summed E-state index contributed by atoms with van der Waals surface area (Å²) in [4.78, 5) is 34.1. The molecule has 2 aromatic rings. The predicted octanol–water partition coefficient (Wildman–Crippen LogP) is 2.77. The van der Waals surface area contributed by atoms with Gasteiger partial charge in [-0.25, -0.2) is 14.8 Å². The molecule has 1 fully saturated rings. The topological polar surface area (TPSA) is 195 Å². The molecule has 1 amide bonds. The number of anilines is 4. The standard InChI is InChI=1S/C28H40N8O7/c1-28(2,3)43-27(38)36(4)18-24(37)42-14-12-40-11-13-41-22-15-21(35-30)25(33-23-6-5-19(16-29)17-31-23)34-26(22)32-20-7-9-39-10-8-20/h5-6,15,17,20,35H,7-14,18,30H2,1-4H3,(H2,31,32,33,34). The van der Waals surface area contributed by atoms with E-state index in [9.17, 15) is 9.59 Å². The lowest BCUT2D eigenvalue weighted by atomic mass is 10.1. The Morgan fingerprint density at radius 3 is 2.56 bits per heavy atom. The summed E-state index contributed by atoms with van der Waals surface area (Å²) in [5.41, 5.74) is 2.86. The molecular formula is C28H40N8O7. The fraction of sp³-hybridized carbons (Fsp3) is 0.536. The number of esters is 1. The molecule has 1 saturated heterocycles. The lowest BCUT2D eigenvalue weighted by Crippen LogP contribution is -2.37. The van der Waals surface area contributed by atoms with Gasteiger partial charge in [-0.1, -0.05) is 0 Å². The number of hydrogen-bond acceptors (Lipinski definition) is 14. The molecule has 15 heteroatoms. The van der Waals surface area contributed by atoms with Crippen LogP contribution in [-0.4, -0.2) is 91.8 Å². The summed E-state index contributed by atoms with van der Waals surface area (Å²) in [5.74, 6) is 7.07. The Balaban J connectivity index is 1.52. The Morgan fingerprint density at radius 1 is 1.16 bits per heavy atom. The Bertz CT molecular complexity index is 1240. The number of aromatic nitrogens is 2. The highest BCUT2D eigenvalue weighted by Crippen LogP contribution is 2.33. The summed E-state index contributed by atoms with van der Waals surface area (Å²) in [6.07, 6.45) is 2.47. The van der Waals surface area contributed by atoms with Crippen LogP contribution in [0.5, 0.6) is 5.75 Å². The van der Waals surface area contributed by atoms with Crippen LogP contribution >= 0.6 is 0 Å². The van der Waals surface area contributed by atoms with Gasteiger partial charge in [0.25, 0.3) is 0 Å². The minimum absolute atomic E-state index is 0.0180. The van der Waals surface area contributed by atoms with Crippen molar-refractivity contribution in [2.45, 2.75) is 45.3 Å². The van der Waals surface area contributed by atoms with Gasteiger partial charge < -0.3 is 44.6 Å². The Kier molecular flexibility index (Phi) is 12.6. The maximum absolute atomic E-state index is 12.0. The SMILES string of the molecule is CN(CC(=O)OCCOCCOc1cc(NN)c(Nc2ccc(C#N)cn2)nc1NC1CCOCC1)C(=O)OC(C)(C)C. The van der Waals surface area contributed by atoms with Crippen LogP contribution in [0.4, 0.5) is 27.9 Å². The number of nitriles is 1. The summed E-state index contributed by atoms with van der Waals surface area (Å²) in [6.45, 7) is 6.85. The van der Waals surface area contributed by atoms with E-state index in [2.05, 4.69) is 21.0 Å². The lowest BCUT2D eigenvalue weighted by Gasteiger charge is -2.25. The summed E-state index contributed by atoms with van der Waals surface area (Å²) in [6, 6.07) is 7.20. The quantitative estimate of drug-likeness (QED) is 0.107. The van der Waals surface area contributed by atoms with Gasteiger partial charge in [-0.15, -0.1) is 0 Å². The van der Waals surface area contributed by atoms with E-state index in [0.717, 1.165) is 17.7 Å². The molecule has 0 aromatic carbocycles. The molecule has 0 atom stereocenters. The fourth-order valence-electron chi connectivity index (χ4n) is 3.77. The average Bonchev–Trinajstić information content (AvgIpc) is 2.97. The minimum Gasteiger partial charge on any atom is -0.487 e. The summed E-state index contributed by atoms with van der Waals surface area (Å²) in [5, 5.41) is 15.6. The number of nitrogen functional groups attached to an aromatic ring is 1. The van der Waals surface area contributed by atoms with E-state index in [1.165, 1.54) is 13.2 Å². The van der Waals surface area contributed by atoms with Crippen LogP contribution in [0.3, 0.4) is 0 Å². The third-order valence-corrected chi connectivity index (χ3v) is 5.89. The molecule has 0 aliphatic carbocycles. The Labute approximate surface area is 250 Å². The zero-order chi connectivity index (χ0) is 31.2. The van der Waals surface area contributed by atoms with E-state index in [-0.39, 0.29) is 39.0 Å². The predicted molar refractivity (Wildman–Crippen MR) is 158 cm³/mol. The maximum Gasteiger partial charge on any atom is 0.410 e. The number of hydrogen-bond donors (Lipinski definition) is 4. The molecule has 0 saturated carbocycles. The number of rotatable bonds is 14. The van der Waals surface area contributed by atoms with Crippen LogP contribution in [0.15, 0.2) is 24.4 Å². The first-order valence-electron chi connectivity index (χ1n) is 13.9. The molecule has 0 spiro atoms. The van der Waals surface area contributed by atoms with Crippen molar-refractivity contribution in [1.29, 1.82) is 5.26 Å². The highest BCUT2D eigenvalue weighted by Gasteiger charge is 2.22. The van der Waals surface area contributed by atoms with Crippen LogP contribution in [0.2, 0.25) is 0 Å². The molecule has 1 aliphatic rings. The van der Waals surface area contributed by atoms with Gasteiger partial charge in [-0.05, 0) is 45.7 Å². The molecular weight excluding hydrogens is 560 g/mol. The van der Waals surface area contributed by atoms with Gasteiger partial charge in [0.1, 0.15) is 37.2 Å². The zero-order valence-electron chi connectivity index (χ0n) is 25.0. The number of nitrogens with two attached hydrogens (primary N) is 1. The number of carbonyl (C=O) groups excluding carboxylic acids is 2. The van der Waals surface area contributed by atoms with E-state index >= 15 is 0 Å². The van der Waals surface area contributed by atoms with Crippen molar-refractivity contribution in [3.8, 4) is 11.8 Å². The van der Waals surface area contributed by atoms with Gasteiger partial charge in [0.2, 0.25) is 0 Å². The third-order valence-electron chi connectivity index (χ3n) is 5.89. The zero-order valence-corrected chi connectivity index (χ0v) is 25.0. The first-order valence-corrected chi connectivity index (χ1v) is 13.9. The van der Waals surface area contributed by atoms with Crippen molar-refractivity contribution in [2.24, 2.45) is 5.84 Å². The van der Waals surface area contributed by atoms with Crippen LogP contribution in [0.25, 0.3) is 0 Å². The normalized spacial score (nSPS) is 13.4. The van der Waals surface area contributed by atoms with Gasteiger partial charge in [0, 0.05) is 38.6 Å². The molecule has 3 rings (SSSR count). The third kappa shape index (κ3) is 11.4. The number of pyridine rings is 2. The van der Waals surface area contributed by atoms with Crippen LogP contribution in [-0.2, 0) is 23.7 Å². The number of carbonyl (C=O) groups is 2. The van der Waals surface area contributed by atoms with Crippen LogP contribution in [0, 0.1) is 11.3 Å².